The number of sulfone groups is 1. The van der Waals surface area contributed by atoms with Crippen molar-refractivity contribution in [2.45, 2.75) is 48.4 Å². The van der Waals surface area contributed by atoms with Gasteiger partial charge in [-0.1, -0.05) is 55.0 Å². The maximum absolute atomic E-state index is 13.1. The van der Waals surface area contributed by atoms with E-state index in [-0.39, 0.29) is 17.3 Å². The summed E-state index contributed by atoms with van der Waals surface area (Å²) in [5.74, 6) is -0.989. The molecule has 0 bridgehead atoms. The van der Waals surface area contributed by atoms with Gasteiger partial charge in [-0.05, 0) is 30.5 Å². The first-order valence-corrected chi connectivity index (χ1v) is 11.0. The fourth-order valence-corrected chi connectivity index (χ4v) is 5.46. The third-order valence-corrected chi connectivity index (χ3v) is 7.20. The molecule has 0 N–H and O–H groups in total. The average Bonchev–Trinajstić information content (AvgIpc) is 2.72. The van der Waals surface area contributed by atoms with E-state index in [4.69, 9.17) is 14.5 Å². The highest BCUT2D eigenvalue weighted by atomic mass is 32.2. The first kappa shape index (κ1) is 18.6. The molecular formula is C21H24O5S. The van der Waals surface area contributed by atoms with Crippen LogP contribution < -0.4 is 0 Å². The van der Waals surface area contributed by atoms with Gasteiger partial charge in [-0.15, -0.1) is 0 Å². The van der Waals surface area contributed by atoms with Crippen LogP contribution in [0.25, 0.3) is 0 Å². The number of benzene rings is 2. The quantitative estimate of drug-likeness (QED) is 0.741. The van der Waals surface area contributed by atoms with Crippen LogP contribution in [0.5, 0.6) is 0 Å². The monoisotopic (exact) mass is 388 g/mol. The van der Waals surface area contributed by atoms with E-state index < -0.39 is 21.2 Å². The summed E-state index contributed by atoms with van der Waals surface area (Å²) in [5.41, 5.74) is -0.464. The second-order valence-electron chi connectivity index (χ2n) is 7.36. The van der Waals surface area contributed by atoms with Crippen molar-refractivity contribution in [2.24, 2.45) is 0 Å². The number of hydrogen-bond donors (Lipinski definition) is 0. The molecule has 1 saturated heterocycles. The van der Waals surface area contributed by atoms with E-state index in [9.17, 15) is 8.42 Å². The molecule has 1 spiro atoms. The molecule has 1 saturated carbocycles. The maximum atomic E-state index is 13.1. The van der Waals surface area contributed by atoms with Crippen LogP contribution in [-0.4, -0.2) is 26.6 Å². The highest BCUT2D eigenvalue weighted by molar-refractivity contribution is 7.91. The molecule has 2 aliphatic rings. The minimum atomic E-state index is -3.59. The van der Waals surface area contributed by atoms with Crippen molar-refractivity contribution in [1.29, 1.82) is 0 Å². The van der Waals surface area contributed by atoms with Gasteiger partial charge < -0.3 is 4.74 Å². The van der Waals surface area contributed by atoms with E-state index in [1.54, 1.807) is 30.3 Å². The van der Waals surface area contributed by atoms with Crippen molar-refractivity contribution in [3.05, 3.63) is 66.2 Å². The fourth-order valence-electron chi connectivity index (χ4n) is 3.81. The van der Waals surface area contributed by atoms with Gasteiger partial charge in [-0.2, -0.15) is 0 Å². The van der Waals surface area contributed by atoms with Crippen LogP contribution in [0.2, 0.25) is 0 Å². The molecule has 2 fully saturated rings. The third-order valence-electron chi connectivity index (χ3n) is 5.36. The fraction of sp³-hybridized carbons (Fsp3) is 0.429. The normalized spacial score (nSPS) is 25.3. The van der Waals surface area contributed by atoms with Gasteiger partial charge in [0.25, 0.3) is 0 Å². The predicted octanol–water partition coefficient (Wildman–Crippen LogP) is 3.99. The molecule has 144 valence electrons. The minimum Gasteiger partial charge on any atom is -0.344 e. The van der Waals surface area contributed by atoms with Crippen LogP contribution >= 0.6 is 0 Å². The molecule has 1 unspecified atom stereocenters. The second-order valence-corrected chi connectivity index (χ2v) is 9.35. The van der Waals surface area contributed by atoms with Crippen LogP contribution in [0.15, 0.2) is 65.6 Å². The van der Waals surface area contributed by atoms with Crippen molar-refractivity contribution in [3.63, 3.8) is 0 Å². The van der Waals surface area contributed by atoms with E-state index in [2.05, 4.69) is 0 Å². The van der Waals surface area contributed by atoms with Crippen molar-refractivity contribution in [1.82, 2.24) is 0 Å². The number of hydrogen-bond acceptors (Lipinski definition) is 5. The molecule has 27 heavy (non-hydrogen) atoms. The van der Waals surface area contributed by atoms with Crippen LogP contribution in [0.3, 0.4) is 0 Å². The van der Waals surface area contributed by atoms with Gasteiger partial charge in [0.1, 0.15) is 0 Å². The van der Waals surface area contributed by atoms with E-state index in [0.717, 1.165) is 37.7 Å². The predicted molar refractivity (Wildman–Crippen MR) is 101 cm³/mol. The van der Waals surface area contributed by atoms with Gasteiger partial charge in [0.15, 0.2) is 15.4 Å². The summed E-state index contributed by atoms with van der Waals surface area (Å²) < 4.78 is 32.3. The van der Waals surface area contributed by atoms with E-state index in [1.807, 2.05) is 30.3 Å². The zero-order valence-corrected chi connectivity index (χ0v) is 16.0. The van der Waals surface area contributed by atoms with Gasteiger partial charge in [0.2, 0.25) is 5.79 Å². The molecule has 2 aromatic carbocycles. The lowest BCUT2D eigenvalue weighted by atomic mass is 9.92. The van der Waals surface area contributed by atoms with Gasteiger partial charge in [-0.25, -0.2) is 18.2 Å². The largest absolute Gasteiger partial charge is 0.344 e. The number of rotatable bonds is 4. The van der Waals surface area contributed by atoms with Crippen molar-refractivity contribution in [2.75, 3.05) is 12.4 Å². The van der Waals surface area contributed by atoms with Gasteiger partial charge in [0, 0.05) is 12.8 Å². The highest BCUT2D eigenvalue weighted by Crippen LogP contribution is 2.42. The SMILES string of the molecule is O=S(=O)(CC1(c2ccccc2)COC2(CCCCC2)OO1)c1ccccc1. The van der Waals surface area contributed by atoms with Crippen LogP contribution in [0, 0.1) is 0 Å². The standard InChI is InChI=1S/C21H24O5S/c22-27(23,19-12-6-2-7-13-19)17-20(18-10-4-1-5-11-18)16-24-21(26-25-20)14-8-3-9-15-21/h1-2,4-7,10-13H,3,8-9,14-17H2. The summed E-state index contributed by atoms with van der Waals surface area (Å²) in [6, 6.07) is 17.7. The van der Waals surface area contributed by atoms with Crippen molar-refractivity contribution < 1.29 is 22.9 Å². The summed E-state index contributed by atoms with van der Waals surface area (Å²) in [7, 11) is -3.59. The zero-order valence-electron chi connectivity index (χ0n) is 15.2. The van der Waals surface area contributed by atoms with Crippen LogP contribution in [-0.2, 0) is 30.0 Å². The summed E-state index contributed by atoms with van der Waals surface area (Å²) in [6.07, 6.45) is 4.72. The Morgan fingerprint density at radius 3 is 2.04 bits per heavy atom. The van der Waals surface area contributed by atoms with Gasteiger partial charge in [-0.3, -0.25) is 0 Å². The van der Waals surface area contributed by atoms with Crippen LogP contribution in [0.1, 0.15) is 37.7 Å². The maximum Gasteiger partial charge on any atom is 0.201 e. The summed E-state index contributed by atoms with van der Waals surface area (Å²) in [5, 5.41) is 0. The molecule has 0 aromatic heterocycles. The number of ether oxygens (including phenoxy) is 1. The average molecular weight is 388 g/mol. The third kappa shape index (κ3) is 3.80. The molecule has 1 aliphatic carbocycles. The molecule has 0 radical (unpaired) electrons. The summed E-state index contributed by atoms with van der Waals surface area (Å²) in [6.45, 7) is 0.142. The molecule has 0 amide bonds. The smallest absolute Gasteiger partial charge is 0.201 e. The lowest BCUT2D eigenvalue weighted by Crippen LogP contribution is -2.54. The van der Waals surface area contributed by atoms with Gasteiger partial charge >= 0.3 is 0 Å². The molecule has 1 aliphatic heterocycles. The van der Waals surface area contributed by atoms with Crippen LogP contribution in [0.4, 0.5) is 0 Å². The van der Waals surface area contributed by atoms with Crippen molar-refractivity contribution in [3.8, 4) is 0 Å². The summed E-state index contributed by atoms with van der Waals surface area (Å²) >= 11 is 0. The van der Waals surface area contributed by atoms with E-state index in [1.165, 1.54) is 0 Å². The Morgan fingerprint density at radius 2 is 1.44 bits per heavy atom. The zero-order chi connectivity index (χ0) is 18.8. The lowest BCUT2D eigenvalue weighted by Gasteiger charge is -2.46. The Bertz CT molecular complexity index is 848. The highest BCUT2D eigenvalue weighted by Gasteiger charge is 2.50. The molecule has 5 nitrogen and oxygen atoms in total. The van der Waals surface area contributed by atoms with E-state index >= 15 is 0 Å². The first-order valence-electron chi connectivity index (χ1n) is 9.38. The van der Waals surface area contributed by atoms with Crippen molar-refractivity contribution >= 4 is 9.84 Å². The molecular weight excluding hydrogens is 364 g/mol. The minimum absolute atomic E-state index is 0.142. The Kier molecular flexibility index (Phi) is 5.07. The van der Waals surface area contributed by atoms with E-state index in [0.29, 0.717) is 0 Å². The first-order chi connectivity index (χ1) is 13.0. The Balaban J connectivity index is 1.65. The Labute approximate surface area is 160 Å². The Hall–Kier alpha value is -1.73. The molecule has 6 heteroatoms. The summed E-state index contributed by atoms with van der Waals surface area (Å²) in [4.78, 5) is 11.9. The lowest BCUT2D eigenvalue weighted by molar-refractivity contribution is -0.517. The Morgan fingerprint density at radius 1 is 0.815 bits per heavy atom. The second kappa shape index (κ2) is 7.36. The molecule has 2 aromatic rings. The topological polar surface area (TPSA) is 61.8 Å². The molecule has 4 rings (SSSR count). The molecule has 1 atom stereocenters. The van der Waals surface area contributed by atoms with Gasteiger partial charge in [0.05, 0.1) is 17.3 Å². The molecule has 1 heterocycles.